The van der Waals surface area contributed by atoms with Gasteiger partial charge < -0.3 is 21.1 Å². The summed E-state index contributed by atoms with van der Waals surface area (Å²) in [6, 6.07) is 9.68. The molecule has 0 aliphatic carbocycles. The molecule has 0 radical (unpaired) electrons. The lowest BCUT2D eigenvalue weighted by atomic mass is 9.90. The molecule has 0 aliphatic rings. The highest BCUT2D eigenvalue weighted by Crippen LogP contribution is 2.14. The molecule has 100 valence electrons. The highest BCUT2D eigenvalue weighted by Gasteiger charge is 2.40. The highest BCUT2D eigenvalue weighted by atomic mass is 16.4. The van der Waals surface area contributed by atoms with Crippen LogP contribution < -0.4 is 5.73 Å². The van der Waals surface area contributed by atoms with Crippen molar-refractivity contribution < 1.29 is 20.1 Å². The van der Waals surface area contributed by atoms with Gasteiger partial charge in [-0.25, -0.2) is 0 Å². The molecular weight excluding hydrogens is 234 g/mol. The van der Waals surface area contributed by atoms with Crippen molar-refractivity contribution in [1.82, 2.24) is 0 Å². The molecule has 1 aromatic rings. The van der Waals surface area contributed by atoms with Crippen LogP contribution in [0.4, 0.5) is 0 Å². The summed E-state index contributed by atoms with van der Waals surface area (Å²) >= 11 is 0. The van der Waals surface area contributed by atoms with Crippen molar-refractivity contribution in [1.29, 1.82) is 0 Å². The lowest BCUT2D eigenvalue weighted by Gasteiger charge is -2.27. The van der Waals surface area contributed by atoms with E-state index < -0.39 is 24.2 Å². The zero-order chi connectivity index (χ0) is 13.6. The van der Waals surface area contributed by atoms with Crippen molar-refractivity contribution in [2.45, 2.75) is 30.9 Å². The van der Waals surface area contributed by atoms with E-state index in [4.69, 9.17) is 15.9 Å². The zero-order valence-electron chi connectivity index (χ0n) is 10.1. The Balaban J connectivity index is 2.46. The van der Waals surface area contributed by atoms with Crippen molar-refractivity contribution in [3.05, 3.63) is 35.9 Å². The van der Waals surface area contributed by atoms with E-state index >= 15 is 0 Å². The molecule has 0 aliphatic heterocycles. The maximum atomic E-state index is 10.9. The Morgan fingerprint density at radius 2 is 1.94 bits per heavy atom. The number of aliphatic hydroxyl groups excluding tert-OH is 2. The quantitative estimate of drug-likeness (QED) is 0.553. The number of carboxylic acids is 1. The smallest absolute Gasteiger partial charge is 0.328 e. The lowest BCUT2D eigenvalue weighted by molar-refractivity contribution is -0.150. The number of nitrogens with two attached hydrogens (primary N) is 1. The van der Waals surface area contributed by atoms with Crippen LogP contribution in [0.1, 0.15) is 18.4 Å². The highest BCUT2D eigenvalue weighted by molar-refractivity contribution is 5.79. The van der Waals surface area contributed by atoms with Crippen LogP contribution in [0.25, 0.3) is 0 Å². The molecule has 5 N–H and O–H groups in total. The van der Waals surface area contributed by atoms with E-state index in [1.807, 2.05) is 30.3 Å². The van der Waals surface area contributed by atoms with Gasteiger partial charge in [0.2, 0.25) is 0 Å². The second kappa shape index (κ2) is 6.49. The Bertz CT molecular complexity index is 382. The van der Waals surface area contributed by atoms with Crippen molar-refractivity contribution in [2.75, 3.05) is 6.61 Å². The van der Waals surface area contributed by atoms with E-state index in [0.29, 0.717) is 6.42 Å². The van der Waals surface area contributed by atoms with Gasteiger partial charge in [0.05, 0.1) is 12.7 Å². The predicted molar refractivity (Wildman–Crippen MR) is 67.0 cm³/mol. The van der Waals surface area contributed by atoms with Crippen LogP contribution in [-0.2, 0) is 11.2 Å². The van der Waals surface area contributed by atoms with Crippen LogP contribution >= 0.6 is 0 Å². The van der Waals surface area contributed by atoms with Gasteiger partial charge in [0.15, 0.2) is 5.54 Å². The second-order valence-corrected chi connectivity index (χ2v) is 4.40. The summed E-state index contributed by atoms with van der Waals surface area (Å²) in [5, 5.41) is 27.6. The third-order valence-corrected chi connectivity index (χ3v) is 3.04. The summed E-state index contributed by atoms with van der Waals surface area (Å²) < 4.78 is 0. The minimum Gasteiger partial charge on any atom is -0.480 e. The molecule has 0 aromatic heterocycles. The fourth-order valence-corrected chi connectivity index (χ4v) is 1.72. The summed E-state index contributed by atoms with van der Waals surface area (Å²) in [5.41, 5.74) is 4.61. The number of aryl methyl sites for hydroxylation is 1. The van der Waals surface area contributed by atoms with Gasteiger partial charge >= 0.3 is 5.97 Å². The Morgan fingerprint density at radius 3 is 2.44 bits per heavy atom. The fourth-order valence-electron chi connectivity index (χ4n) is 1.72. The van der Waals surface area contributed by atoms with E-state index in [9.17, 15) is 9.90 Å². The normalized spacial score (nSPS) is 15.9. The Morgan fingerprint density at radius 1 is 1.33 bits per heavy atom. The molecule has 0 fully saturated rings. The van der Waals surface area contributed by atoms with Crippen molar-refractivity contribution in [3.63, 3.8) is 0 Å². The third-order valence-electron chi connectivity index (χ3n) is 3.04. The number of aliphatic hydroxyl groups is 2. The average Bonchev–Trinajstić information content (AvgIpc) is 2.38. The number of benzene rings is 1. The minimum absolute atomic E-state index is 0.234. The number of hydrogen-bond acceptors (Lipinski definition) is 4. The molecule has 1 aromatic carbocycles. The van der Waals surface area contributed by atoms with Gasteiger partial charge in [0.25, 0.3) is 0 Å². The summed E-state index contributed by atoms with van der Waals surface area (Å²) in [4.78, 5) is 10.9. The molecule has 18 heavy (non-hydrogen) atoms. The first kappa shape index (κ1) is 14.6. The summed E-state index contributed by atoms with van der Waals surface area (Å²) in [6.45, 7) is -0.783. The molecule has 2 unspecified atom stereocenters. The molecule has 0 saturated heterocycles. The molecule has 0 saturated carbocycles. The van der Waals surface area contributed by atoms with Crippen molar-refractivity contribution in [2.24, 2.45) is 5.73 Å². The molecule has 2 atom stereocenters. The van der Waals surface area contributed by atoms with Gasteiger partial charge in [-0.1, -0.05) is 30.3 Å². The number of carboxylic acid groups (broad SMARTS) is 1. The van der Waals surface area contributed by atoms with Crippen molar-refractivity contribution in [3.8, 4) is 0 Å². The molecule has 5 heteroatoms. The molecule has 0 amide bonds. The van der Waals surface area contributed by atoms with Gasteiger partial charge in [-0.05, 0) is 24.8 Å². The first-order valence-corrected chi connectivity index (χ1v) is 5.86. The summed E-state index contributed by atoms with van der Waals surface area (Å²) in [5.74, 6) is -1.39. The van der Waals surface area contributed by atoms with E-state index in [1.165, 1.54) is 0 Å². The second-order valence-electron chi connectivity index (χ2n) is 4.40. The molecular formula is C13H19NO4. The topological polar surface area (TPSA) is 104 Å². The van der Waals surface area contributed by atoms with Gasteiger partial charge in [0, 0.05) is 0 Å². The Kier molecular flexibility index (Phi) is 5.27. The lowest BCUT2D eigenvalue weighted by Crippen LogP contribution is -2.60. The Labute approximate surface area is 106 Å². The molecule has 5 nitrogen and oxygen atoms in total. The zero-order valence-corrected chi connectivity index (χ0v) is 10.1. The van der Waals surface area contributed by atoms with Gasteiger partial charge in [-0.2, -0.15) is 0 Å². The van der Waals surface area contributed by atoms with Crippen LogP contribution in [0.15, 0.2) is 30.3 Å². The molecule has 0 heterocycles. The van der Waals surface area contributed by atoms with Crippen LogP contribution in [0.5, 0.6) is 0 Å². The molecule has 0 bridgehead atoms. The van der Waals surface area contributed by atoms with Crippen LogP contribution in [0.3, 0.4) is 0 Å². The standard InChI is InChI=1S/C13H19NO4/c14-13(9-15,12(17)18)11(16)8-4-7-10-5-2-1-3-6-10/h1-3,5-6,11,15-16H,4,7-9,14H2,(H,17,18). The van der Waals surface area contributed by atoms with Gasteiger partial charge in [-0.3, -0.25) is 4.79 Å². The summed E-state index contributed by atoms with van der Waals surface area (Å²) in [6.07, 6.45) is 0.318. The number of aliphatic carboxylic acids is 1. The van der Waals surface area contributed by atoms with Crippen LogP contribution in [0, 0.1) is 0 Å². The third kappa shape index (κ3) is 3.53. The monoisotopic (exact) mass is 253 g/mol. The number of carbonyl (C=O) groups is 1. The maximum absolute atomic E-state index is 10.9. The summed E-state index contributed by atoms with van der Waals surface area (Å²) in [7, 11) is 0. The van der Waals surface area contributed by atoms with Crippen molar-refractivity contribution >= 4 is 5.97 Å². The minimum atomic E-state index is -1.98. The largest absolute Gasteiger partial charge is 0.480 e. The van der Waals surface area contributed by atoms with E-state index in [2.05, 4.69) is 0 Å². The van der Waals surface area contributed by atoms with E-state index in [0.717, 1.165) is 12.0 Å². The first-order valence-electron chi connectivity index (χ1n) is 5.86. The predicted octanol–water partition coefficient (Wildman–Crippen LogP) is 0.145. The Hall–Kier alpha value is -1.43. The van der Waals surface area contributed by atoms with E-state index in [-0.39, 0.29) is 6.42 Å². The van der Waals surface area contributed by atoms with Gasteiger partial charge in [0.1, 0.15) is 0 Å². The fraction of sp³-hybridized carbons (Fsp3) is 0.462. The maximum Gasteiger partial charge on any atom is 0.328 e. The van der Waals surface area contributed by atoms with Crippen LogP contribution in [0.2, 0.25) is 0 Å². The van der Waals surface area contributed by atoms with E-state index in [1.54, 1.807) is 0 Å². The first-order chi connectivity index (χ1) is 8.50. The number of rotatable bonds is 7. The van der Waals surface area contributed by atoms with Gasteiger partial charge in [-0.15, -0.1) is 0 Å². The SMILES string of the molecule is NC(CO)(C(=O)O)C(O)CCCc1ccccc1. The number of hydrogen-bond donors (Lipinski definition) is 4. The molecule has 0 spiro atoms. The van der Waals surface area contributed by atoms with Crippen LogP contribution in [-0.4, -0.2) is 39.5 Å². The average molecular weight is 253 g/mol. The molecule has 1 rings (SSSR count).